The predicted molar refractivity (Wildman–Crippen MR) is 119 cm³/mol. The van der Waals surface area contributed by atoms with Crippen LogP contribution in [-0.2, 0) is 0 Å². The molecule has 0 aliphatic rings. The lowest BCUT2D eigenvalue weighted by atomic mass is 10.1. The summed E-state index contributed by atoms with van der Waals surface area (Å²) >= 11 is 5.85. The number of hydrogen-bond acceptors (Lipinski definition) is 3. The van der Waals surface area contributed by atoms with Crippen LogP contribution in [0.2, 0.25) is 5.02 Å². The van der Waals surface area contributed by atoms with Gasteiger partial charge in [0.05, 0.1) is 11.3 Å². The van der Waals surface area contributed by atoms with Crippen molar-refractivity contribution >= 4 is 51.7 Å². The molecule has 0 spiro atoms. The van der Waals surface area contributed by atoms with E-state index in [1.165, 1.54) is 18.2 Å². The highest BCUT2D eigenvalue weighted by Gasteiger charge is 2.18. The smallest absolute Gasteiger partial charge is 0.337 e. The number of aromatic nitrogens is 1. The van der Waals surface area contributed by atoms with Crippen LogP contribution < -0.4 is 10.6 Å². The van der Waals surface area contributed by atoms with E-state index in [1.807, 2.05) is 24.3 Å². The van der Waals surface area contributed by atoms with Crippen molar-refractivity contribution < 1.29 is 19.5 Å². The van der Waals surface area contributed by atoms with E-state index < -0.39 is 17.8 Å². The molecule has 4 aromatic rings. The minimum atomic E-state index is -1.23. The van der Waals surface area contributed by atoms with E-state index in [9.17, 15) is 19.5 Å². The number of benzene rings is 3. The summed E-state index contributed by atoms with van der Waals surface area (Å²) < 4.78 is 0. The summed E-state index contributed by atoms with van der Waals surface area (Å²) in [7, 11) is 0. The molecule has 0 fully saturated rings. The highest BCUT2D eigenvalue weighted by Crippen LogP contribution is 2.22. The zero-order valence-electron chi connectivity index (χ0n) is 16.0. The number of carbonyl (C=O) groups is 3. The van der Waals surface area contributed by atoms with Crippen LogP contribution >= 0.6 is 11.6 Å². The number of halogens is 1. The SMILES string of the molecule is O=C(Nc1ccc(Cl)cc1)c1ccc(C(=O)O)c(NC(=O)c2cc3ccccc3[nH]2)c1. The third-order valence-electron chi connectivity index (χ3n) is 4.64. The second kappa shape index (κ2) is 8.33. The number of rotatable bonds is 5. The van der Waals surface area contributed by atoms with Crippen LogP contribution in [0, 0.1) is 0 Å². The average Bonchev–Trinajstić information content (AvgIpc) is 3.19. The van der Waals surface area contributed by atoms with E-state index in [0.717, 1.165) is 10.9 Å². The zero-order chi connectivity index (χ0) is 22.0. The van der Waals surface area contributed by atoms with Gasteiger partial charge in [0, 0.05) is 27.2 Å². The number of fused-ring (bicyclic) bond motifs is 1. The quantitative estimate of drug-likeness (QED) is 0.354. The molecule has 7 nitrogen and oxygen atoms in total. The number of H-pyrrole nitrogens is 1. The summed E-state index contributed by atoms with van der Waals surface area (Å²) in [5.41, 5.74) is 1.65. The minimum absolute atomic E-state index is 0.0138. The molecule has 8 heteroatoms. The summed E-state index contributed by atoms with van der Waals surface area (Å²) in [5.74, 6) is -2.20. The largest absolute Gasteiger partial charge is 0.478 e. The fourth-order valence-corrected chi connectivity index (χ4v) is 3.22. The van der Waals surface area contributed by atoms with Gasteiger partial charge in [0.2, 0.25) is 0 Å². The fraction of sp³-hybridized carbons (Fsp3) is 0. The Morgan fingerprint density at radius 3 is 2.29 bits per heavy atom. The summed E-state index contributed by atoms with van der Waals surface area (Å²) in [5, 5.41) is 16.2. The first-order valence-electron chi connectivity index (χ1n) is 9.24. The number of aromatic carboxylic acids is 1. The van der Waals surface area contributed by atoms with E-state index in [4.69, 9.17) is 11.6 Å². The van der Waals surface area contributed by atoms with Crippen LogP contribution in [0.15, 0.2) is 72.8 Å². The lowest BCUT2D eigenvalue weighted by molar-refractivity contribution is 0.0697. The Kier molecular flexibility index (Phi) is 5.43. The topological polar surface area (TPSA) is 111 Å². The van der Waals surface area contributed by atoms with Crippen molar-refractivity contribution in [1.29, 1.82) is 0 Å². The molecule has 4 rings (SSSR count). The van der Waals surface area contributed by atoms with Gasteiger partial charge in [-0.05, 0) is 54.6 Å². The molecule has 2 amide bonds. The number of aromatic amines is 1. The number of nitrogens with one attached hydrogen (secondary N) is 3. The Morgan fingerprint density at radius 1 is 0.839 bits per heavy atom. The first kappa shape index (κ1) is 20.2. The summed E-state index contributed by atoms with van der Waals surface area (Å²) in [6, 6.07) is 19.6. The van der Waals surface area contributed by atoms with Crippen LogP contribution in [-0.4, -0.2) is 27.9 Å². The maximum absolute atomic E-state index is 12.7. The predicted octanol–water partition coefficient (Wildman–Crippen LogP) is 5.02. The number of anilines is 2. The number of carboxylic acid groups (broad SMARTS) is 1. The first-order chi connectivity index (χ1) is 14.9. The molecular weight excluding hydrogens is 418 g/mol. The summed E-state index contributed by atoms with van der Waals surface area (Å²) in [4.78, 5) is 39.9. The normalized spacial score (nSPS) is 10.6. The Bertz CT molecular complexity index is 1280. The molecule has 0 aliphatic carbocycles. The van der Waals surface area contributed by atoms with Gasteiger partial charge in [0.1, 0.15) is 5.69 Å². The van der Waals surface area contributed by atoms with Crippen LogP contribution in [0.25, 0.3) is 10.9 Å². The van der Waals surface area contributed by atoms with Gasteiger partial charge in [-0.1, -0.05) is 29.8 Å². The van der Waals surface area contributed by atoms with Gasteiger partial charge >= 0.3 is 5.97 Å². The van der Waals surface area contributed by atoms with Gasteiger partial charge in [-0.15, -0.1) is 0 Å². The molecular formula is C23H16ClN3O4. The van der Waals surface area contributed by atoms with Crippen molar-refractivity contribution in [3.05, 3.63) is 94.6 Å². The monoisotopic (exact) mass is 433 g/mol. The Hall–Kier alpha value is -4.10. The molecule has 0 aliphatic heterocycles. The second-order valence-corrected chi connectivity index (χ2v) is 7.19. The highest BCUT2D eigenvalue weighted by molar-refractivity contribution is 6.30. The zero-order valence-corrected chi connectivity index (χ0v) is 16.7. The Labute approximate surface area is 181 Å². The standard InChI is InChI=1S/C23H16ClN3O4/c24-15-6-8-16(9-7-15)25-21(28)14-5-10-17(23(30)31)19(12-14)27-22(29)20-11-13-3-1-2-4-18(13)26-20/h1-12,26H,(H,25,28)(H,27,29)(H,30,31). The van der Waals surface area contributed by atoms with E-state index in [2.05, 4.69) is 15.6 Å². The van der Waals surface area contributed by atoms with Crippen molar-refractivity contribution in [2.24, 2.45) is 0 Å². The molecule has 0 bridgehead atoms. The summed E-state index contributed by atoms with van der Waals surface area (Å²) in [6.07, 6.45) is 0. The van der Waals surface area contributed by atoms with Gasteiger partial charge < -0.3 is 20.7 Å². The van der Waals surface area contributed by atoms with E-state index in [0.29, 0.717) is 10.7 Å². The van der Waals surface area contributed by atoms with Crippen molar-refractivity contribution in [2.45, 2.75) is 0 Å². The van der Waals surface area contributed by atoms with Crippen molar-refractivity contribution in [2.75, 3.05) is 10.6 Å². The van der Waals surface area contributed by atoms with Gasteiger partial charge in [-0.2, -0.15) is 0 Å². The lowest BCUT2D eigenvalue weighted by Crippen LogP contribution is -2.17. The van der Waals surface area contributed by atoms with Crippen LogP contribution in [0.3, 0.4) is 0 Å². The molecule has 1 heterocycles. The molecule has 31 heavy (non-hydrogen) atoms. The van der Waals surface area contributed by atoms with E-state index >= 15 is 0 Å². The Morgan fingerprint density at radius 2 is 1.58 bits per heavy atom. The minimum Gasteiger partial charge on any atom is -0.478 e. The summed E-state index contributed by atoms with van der Waals surface area (Å²) in [6.45, 7) is 0. The van der Waals surface area contributed by atoms with Gasteiger partial charge in [-0.3, -0.25) is 9.59 Å². The fourth-order valence-electron chi connectivity index (χ4n) is 3.10. The van der Waals surface area contributed by atoms with Gasteiger partial charge in [0.15, 0.2) is 0 Å². The molecule has 0 saturated carbocycles. The molecule has 3 aromatic carbocycles. The number of hydrogen-bond donors (Lipinski definition) is 4. The average molecular weight is 434 g/mol. The first-order valence-corrected chi connectivity index (χ1v) is 9.62. The lowest BCUT2D eigenvalue weighted by Gasteiger charge is -2.11. The maximum Gasteiger partial charge on any atom is 0.337 e. The van der Waals surface area contributed by atoms with Crippen molar-refractivity contribution in [3.8, 4) is 0 Å². The van der Waals surface area contributed by atoms with Crippen LogP contribution in [0.5, 0.6) is 0 Å². The van der Waals surface area contributed by atoms with E-state index in [1.54, 1.807) is 30.3 Å². The van der Waals surface area contributed by atoms with E-state index in [-0.39, 0.29) is 22.5 Å². The number of amides is 2. The molecule has 4 N–H and O–H groups in total. The molecule has 1 aromatic heterocycles. The van der Waals surface area contributed by atoms with Crippen molar-refractivity contribution in [3.63, 3.8) is 0 Å². The maximum atomic E-state index is 12.7. The highest BCUT2D eigenvalue weighted by atomic mass is 35.5. The number of carbonyl (C=O) groups excluding carboxylic acids is 2. The number of para-hydroxylation sites is 1. The molecule has 0 unspecified atom stereocenters. The Balaban J connectivity index is 1.60. The van der Waals surface area contributed by atoms with Gasteiger partial charge in [-0.25, -0.2) is 4.79 Å². The second-order valence-electron chi connectivity index (χ2n) is 6.75. The third-order valence-corrected chi connectivity index (χ3v) is 4.89. The molecule has 0 saturated heterocycles. The van der Waals surface area contributed by atoms with Gasteiger partial charge in [0.25, 0.3) is 11.8 Å². The molecule has 0 atom stereocenters. The third kappa shape index (κ3) is 4.41. The van der Waals surface area contributed by atoms with Crippen LogP contribution in [0.4, 0.5) is 11.4 Å². The molecule has 0 radical (unpaired) electrons. The van der Waals surface area contributed by atoms with Crippen molar-refractivity contribution in [1.82, 2.24) is 4.98 Å². The molecule has 154 valence electrons. The van der Waals surface area contributed by atoms with Crippen LogP contribution in [0.1, 0.15) is 31.2 Å². The number of carboxylic acids is 1.